The number of anilines is 1. The highest BCUT2D eigenvalue weighted by Crippen LogP contribution is 2.29. The Morgan fingerprint density at radius 2 is 1.83 bits per heavy atom. The molecule has 0 bridgehead atoms. The highest BCUT2D eigenvalue weighted by atomic mass is 32.2. The lowest BCUT2D eigenvalue weighted by Crippen LogP contribution is -2.42. The van der Waals surface area contributed by atoms with Gasteiger partial charge in [-0.1, -0.05) is 51.1 Å². The van der Waals surface area contributed by atoms with Gasteiger partial charge in [0, 0.05) is 0 Å². The van der Waals surface area contributed by atoms with Crippen molar-refractivity contribution in [2.75, 3.05) is 24.2 Å². The average Bonchev–Trinajstić information content (AvgIpc) is 2.69. The van der Waals surface area contributed by atoms with Crippen molar-refractivity contribution in [2.45, 2.75) is 46.1 Å². The number of para-hydroxylation sites is 1. The highest BCUT2D eigenvalue weighted by Gasteiger charge is 2.25. The number of hydrogen-bond donors (Lipinski definition) is 1. The van der Waals surface area contributed by atoms with Gasteiger partial charge in [0.05, 0.1) is 25.1 Å². The summed E-state index contributed by atoms with van der Waals surface area (Å²) in [6.45, 7) is 7.66. The molecule has 2 rings (SSSR count). The molecule has 164 valence electrons. The Kier molecular flexibility index (Phi) is 7.89. The number of nitrogens with zero attached hydrogens (tertiary/aromatic N) is 1. The summed E-state index contributed by atoms with van der Waals surface area (Å²) in [5, 5.41) is 2.98. The van der Waals surface area contributed by atoms with Crippen LogP contribution in [0.25, 0.3) is 0 Å². The summed E-state index contributed by atoms with van der Waals surface area (Å²) < 4.78 is 31.5. The maximum Gasteiger partial charge on any atom is 0.241 e. The van der Waals surface area contributed by atoms with Crippen LogP contribution in [0.1, 0.15) is 55.8 Å². The second kappa shape index (κ2) is 9.98. The Morgan fingerprint density at radius 3 is 2.37 bits per heavy atom. The van der Waals surface area contributed by atoms with E-state index in [4.69, 9.17) is 4.74 Å². The maximum atomic E-state index is 12.9. The molecule has 6 nitrogen and oxygen atoms in total. The van der Waals surface area contributed by atoms with Gasteiger partial charge in [0.1, 0.15) is 12.3 Å². The fraction of sp³-hybridized carbons (Fsp3) is 0.435. The molecule has 0 spiro atoms. The van der Waals surface area contributed by atoms with Gasteiger partial charge in [-0.25, -0.2) is 8.42 Å². The first-order chi connectivity index (χ1) is 14.1. The molecule has 0 aromatic heterocycles. The van der Waals surface area contributed by atoms with Gasteiger partial charge < -0.3 is 10.1 Å². The van der Waals surface area contributed by atoms with Crippen LogP contribution >= 0.6 is 0 Å². The minimum absolute atomic E-state index is 0.124. The van der Waals surface area contributed by atoms with Gasteiger partial charge in [-0.3, -0.25) is 9.10 Å². The number of methoxy groups -OCH3 is 1. The fourth-order valence-electron chi connectivity index (χ4n) is 3.49. The third-order valence-electron chi connectivity index (χ3n) is 5.08. The van der Waals surface area contributed by atoms with E-state index < -0.39 is 10.0 Å². The highest BCUT2D eigenvalue weighted by molar-refractivity contribution is 7.92. The molecule has 7 heteroatoms. The molecule has 0 aliphatic rings. The number of sulfonamides is 1. The van der Waals surface area contributed by atoms with E-state index in [0.29, 0.717) is 12.1 Å². The van der Waals surface area contributed by atoms with E-state index in [9.17, 15) is 13.2 Å². The molecule has 0 saturated heterocycles. The van der Waals surface area contributed by atoms with E-state index in [1.807, 2.05) is 58.0 Å². The number of benzene rings is 2. The van der Waals surface area contributed by atoms with Crippen LogP contribution in [-0.4, -0.2) is 34.2 Å². The Balaban J connectivity index is 2.27. The summed E-state index contributed by atoms with van der Waals surface area (Å²) in [5.74, 6) is 0.562. The van der Waals surface area contributed by atoms with E-state index in [1.54, 1.807) is 19.2 Å². The number of nitrogens with one attached hydrogen (secondary N) is 1. The lowest BCUT2D eigenvalue weighted by molar-refractivity contribution is -0.120. The van der Waals surface area contributed by atoms with Crippen molar-refractivity contribution in [3.63, 3.8) is 0 Å². The molecule has 30 heavy (non-hydrogen) atoms. The van der Waals surface area contributed by atoms with Crippen molar-refractivity contribution in [1.82, 2.24) is 5.32 Å². The molecule has 2 aromatic carbocycles. The number of carbonyl (C=O) groups excluding carboxylic acids is 1. The molecule has 0 saturated carbocycles. The lowest BCUT2D eigenvalue weighted by Gasteiger charge is -2.27. The summed E-state index contributed by atoms with van der Waals surface area (Å²) in [5.41, 5.74) is 3.36. The van der Waals surface area contributed by atoms with Gasteiger partial charge in [0.25, 0.3) is 0 Å². The molecule has 0 aliphatic heterocycles. The Labute approximate surface area is 180 Å². The third kappa shape index (κ3) is 5.75. The van der Waals surface area contributed by atoms with Gasteiger partial charge in [0.2, 0.25) is 15.9 Å². The van der Waals surface area contributed by atoms with Gasteiger partial charge in [-0.15, -0.1) is 0 Å². The topological polar surface area (TPSA) is 75.7 Å². The molecule has 0 heterocycles. The van der Waals surface area contributed by atoms with Crippen molar-refractivity contribution in [1.29, 1.82) is 0 Å². The smallest absolute Gasteiger partial charge is 0.241 e. The second-order valence-electron chi connectivity index (χ2n) is 7.74. The van der Waals surface area contributed by atoms with Gasteiger partial charge in [0.15, 0.2) is 0 Å². The average molecular weight is 433 g/mol. The molecule has 1 N–H and O–H groups in total. The van der Waals surface area contributed by atoms with Crippen molar-refractivity contribution in [2.24, 2.45) is 0 Å². The van der Waals surface area contributed by atoms with Crippen LogP contribution in [0.2, 0.25) is 0 Å². The summed E-state index contributed by atoms with van der Waals surface area (Å²) >= 11 is 0. The second-order valence-corrected chi connectivity index (χ2v) is 9.65. The maximum absolute atomic E-state index is 12.9. The minimum Gasteiger partial charge on any atom is -0.496 e. The Bertz CT molecular complexity index is 986. The predicted molar refractivity (Wildman–Crippen MR) is 122 cm³/mol. The van der Waals surface area contributed by atoms with Crippen LogP contribution in [0.5, 0.6) is 5.75 Å². The first-order valence-electron chi connectivity index (χ1n) is 10.1. The monoisotopic (exact) mass is 432 g/mol. The zero-order chi connectivity index (χ0) is 22.5. The van der Waals surface area contributed by atoms with Crippen LogP contribution in [0.4, 0.5) is 5.69 Å². The van der Waals surface area contributed by atoms with Crippen LogP contribution in [0.3, 0.4) is 0 Å². The standard InChI is InChI=1S/C23H32N2O4S/c1-7-20(18-12-13-22(29-5)17(4)14-18)24-23(26)15-25(30(6,27)28)21-11-9-8-10-19(21)16(2)3/h8-14,16,20H,7,15H2,1-6H3,(H,24,26)/t20-/m0/s1. The summed E-state index contributed by atoms with van der Waals surface area (Å²) in [6.07, 6.45) is 1.81. The summed E-state index contributed by atoms with van der Waals surface area (Å²) in [7, 11) is -2.02. The summed E-state index contributed by atoms with van der Waals surface area (Å²) in [4.78, 5) is 12.9. The van der Waals surface area contributed by atoms with E-state index >= 15 is 0 Å². The largest absolute Gasteiger partial charge is 0.496 e. The number of ether oxygens (including phenoxy) is 1. The molecule has 0 fully saturated rings. The molecule has 1 atom stereocenters. The van der Waals surface area contributed by atoms with Crippen LogP contribution < -0.4 is 14.4 Å². The first-order valence-corrected chi connectivity index (χ1v) is 11.9. The number of aryl methyl sites for hydroxylation is 1. The van der Waals surface area contributed by atoms with Crippen LogP contribution in [0, 0.1) is 6.92 Å². The Hall–Kier alpha value is -2.54. The molecular weight excluding hydrogens is 400 g/mol. The SMILES string of the molecule is CC[C@H](NC(=O)CN(c1ccccc1C(C)C)S(C)(=O)=O)c1ccc(OC)c(C)c1. The van der Waals surface area contributed by atoms with E-state index in [2.05, 4.69) is 5.32 Å². The fourth-order valence-corrected chi connectivity index (χ4v) is 4.37. The van der Waals surface area contributed by atoms with Crippen LogP contribution in [0.15, 0.2) is 42.5 Å². The minimum atomic E-state index is -3.64. The Morgan fingerprint density at radius 1 is 1.17 bits per heavy atom. The predicted octanol–water partition coefficient (Wildman–Crippen LogP) is 4.16. The number of amides is 1. The zero-order valence-corrected chi connectivity index (χ0v) is 19.4. The van der Waals surface area contributed by atoms with E-state index in [0.717, 1.165) is 28.7 Å². The molecule has 0 aliphatic carbocycles. The molecular formula is C23H32N2O4S. The molecule has 2 aromatic rings. The van der Waals surface area contributed by atoms with Gasteiger partial charge in [-0.2, -0.15) is 0 Å². The van der Waals surface area contributed by atoms with Gasteiger partial charge >= 0.3 is 0 Å². The van der Waals surface area contributed by atoms with Gasteiger partial charge in [-0.05, 0) is 48.1 Å². The lowest BCUT2D eigenvalue weighted by atomic mass is 10.0. The first kappa shape index (κ1) is 23.7. The van der Waals surface area contributed by atoms with Crippen molar-refractivity contribution in [3.05, 3.63) is 59.2 Å². The molecule has 0 unspecified atom stereocenters. The third-order valence-corrected chi connectivity index (χ3v) is 6.21. The number of hydrogen-bond acceptors (Lipinski definition) is 4. The van der Waals surface area contributed by atoms with E-state index in [1.165, 1.54) is 4.31 Å². The van der Waals surface area contributed by atoms with Crippen molar-refractivity contribution >= 4 is 21.6 Å². The van der Waals surface area contributed by atoms with Crippen molar-refractivity contribution in [3.8, 4) is 5.75 Å². The van der Waals surface area contributed by atoms with Crippen molar-refractivity contribution < 1.29 is 17.9 Å². The van der Waals surface area contributed by atoms with Crippen LogP contribution in [-0.2, 0) is 14.8 Å². The summed E-state index contributed by atoms with van der Waals surface area (Å²) in [6, 6.07) is 12.9. The molecule has 1 amide bonds. The van der Waals surface area contributed by atoms with E-state index in [-0.39, 0.29) is 24.4 Å². The quantitative estimate of drug-likeness (QED) is 0.646. The zero-order valence-electron chi connectivity index (χ0n) is 18.6. The number of carbonyl (C=O) groups is 1. The normalized spacial score (nSPS) is 12.5. The number of rotatable bonds is 9. The molecule has 0 radical (unpaired) electrons.